The zero-order valence-electron chi connectivity index (χ0n) is 9.69. The van der Waals surface area contributed by atoms with E-state index in [2.05, 4.69) is 41.5 Å². The number of nitrogens with one attached hydrogen (secondary N) is 1. The van der Waals surface area contributed by atoms with Crippen molar-refractivity contribution in [3.05, 3.63) is 35.9 Å². The maximum atomic E-state index is 5.78. The lowest BCUT2D eigenvalue weighted by Gasteiger charge is -2.09. The molecule has 1 aliphatic carbocycles. The van der Waals surface area contributed by atoms with Gasteiger partial charge in [-0.05, 0) is 18.4 Å². The predicted octanol–water partition coefficient (Wildman–Crippen LogP) is 1.86. The standard InChI is InChI=1S/C13H19N3/c1-10(11-5-3-2-4-6-11)9-15-13(14)16-12-7-8-12/h2-6,10,12H,7-9H2,1H3,(H3,14,15,16)/t10-/m0/s1. The van der Waals surface area contributed by atoms with Gasteiger partial charge < -0.3 is 11.1 Å². The second-order valence-corrected chi connectivity index (χ2v) is 4.46. The van der Waals surface area contributed by atoms with E-state index in [1.54, 1.807) is 0 Å². The third-order valence-corrected chi connectivity index (χ3v) is 2.83. The molecule has 1 saturated carbocycles. The van der Waals surface area contributed by atoms with Crippen LogP contribution < -0.4 is 11.1 Å². The summed E-state index contributed by atoms with van der Waals surface area (Å²) in [4.78, 5) is 4.36. The number of hydrogen-bond acceptors (Lipinski definition) is 1. The highest BCUT2D eigenvalue weighted by molar-refractivity contribution is 5.78. The molecular formula is C13H19N3. The summed E-state index contributed by atoms with van der Waals surface area (Å²) in [5, 5.41) is 3.19. The van der Waals surface area contributed by atoms with E-state index in [0.29, 0.717) is 17.9 Å². The van der Waals surface area contributed by atoms with Gasteiger partial charge in [0.05, 0.1) is 0 Å². The largest absolute Gasteiger partial charge is 0.370 e. The third kappa shape index (κ3) is 3.26. The van der Waals surface area contributed by atoms with Crippen molar-refractivity contribution in [2.75, 3.05) is 6.54 Å². The maximum Gasteiger partial charge on any atom is 0.188 e. The molecule has 16 heavy (non-hydrogen) atoms. The summed E-state index contributed by atoms with van der Waals surface area (Å²) in [7, 11) is 0. The zero-order valence-corrected chi connectivity index (χ0v) is 9.69. The van der Waals surface area contributed by atoms with Crippen LogP contribution in [0.5, 0.6) is 0 Å². The molecule has 0 saturated heterocycles. The molecule has 0 unspecified atom stereocenters. The SMILES string of the molecule is C[C@@H](CN=C(N)NC1CC1)c1ccccc1. The Morgan fingerprint density at radius 3 is 2.75 bits per heavy atom. The highest BCUT2D eigenvalue weighted by Gasteiger charge is 2.21. The van der Waals surface area contributed by atoms with Gasteiger partial charge in [-0.25, -0.2) is 0 Å². The first kappa shape index (κ1) is 11.0. The second-order valence-electron chi connectivity index (χ2n) is 4.46. The van der Waals surface area contributed by atoms with E-state index in [-0.39, 0.29) is 0 Å². The van der Waals surface area contributed by atoms with E-state index in [9.17, 15) is 0 Å². The summed E-state index contributed by atoms with van der Waals surface area (Å²) >= 11 is 0. The van der Waals surface area contributed by atoms with Crippen LogP contribution in [0.25, 0.3) is 0 Å². The Morgan fingerprint density at radius 1 is 1.44 bits per heavy atom. The number of nitrogens with zero attached hydrogens (tertiary/aromatic N) is 1. The molecule has 0 heterocycles. The molecule has 0 bridgehead atoms. The van der Waals surface area contributed by atoms with Gasteiger partial charge in [-0.2, -0.15) is 0 Å². The summed E-state index contributed by atoms with van der Waals surface area (Å²) < 4.78 is 0. The van der Waals surface area contributed by atoms with Gasteiger partial charge in [0.25, 0.3) is 0 Å². The molecular weight excluding hydrogens is 198 g/mol. The van der Waals surface area contributed by atoms with Crippen LogP contribution in [0, 0.1) is 0 Å². The van der Waals surface area contributed by atoms with Crippen LogP contribution in [-0.4, -0.2) is 18.5 Å². The fourth-order valence-corrected chi connectivity index (χ4v) is 1.60. The van der Waals surface area contributed by atoms with Gasteiger partial charge in [-0.3, -0.25) is 4.99 Å². The lowest BCUT2D eigenvalue weighted by molar-refractivity contribution is 0.763. The fraction of sp³-hybridized carbons (Fsp3) is 0.462. The van der Waals surface area contributed by atoms with E-state index in [4.69, 9.17) is 5.73 Å². The van der Waals surface area contributed by atoms with Crippen LogP contribution in [0.4, 0.5) is 0 Å². The number of nitrogens with two attached hydrogens (primary N) is 1. The molecule has 3 heteroatoms. The number of rotatable bonds is 4. The molecule has 1 fully saturated rings. The summed E-state index contributed by atoms with van der Waals surface area (Å²) in [5.41, 5.74) is 7.09. The van der Waals surface area contributed by atoms with Crippen molar-refractivity contribution in [2.45, 2.75) is 31.7 Å². The monoisotopic (exact) mass is 217 g/mol. The predicted molar refractivity (Wildman–Crippen MR) is 67.5 cm³/mol. The molecule has 86 valence electrons. The Balaban J connectivity index is 1.84. The van der Waals surface area contributed by atoms with Crippen LogP contribution >= 0.6 is 0 Å². The summed E-state index contributed by atoms with van der Waals surface area (Å²) in [6.45, 7) is 2.92. The summed E-state index contributed by atoms with van der Waals surface area (Å²) in [5.74, 6) is 1.01. The normalized spacial score (nSPS) is 18.2. The van der Waals surface area contributed by atoms with E-state index in [0.717, 1.165) is 6.54 Å². The quantitative estimate of drug-likeness (QED) is 0.597. The Morgan fingerprint density at radius 2 is 2.12 bits per heavy atom. The van der Waals surface area contributed by atoms with Crippen molar-refractivity contribution < 1.29 is 0 Å². The third-order valence-electron chi connectivity index (χ3n) is 2.83. The van der Waals surface area contributed by atoms with Crippen LogP contribution in [0.15, 0.2) is 35.3 Å². The van der Waals surface area contributed by atoms with Gasteiger partial charge in [0.1, 0.15) is 0 Å². The molecule has 0 radical (unpaired) electrons. The molecule has 1 atom stereocenters. The molecule has 1 aromatic rings. The van der Waals surface area contributed by atoms with Gasteiger partial charge in [0.15, 0.2) is 5.96 Å². The first-order valence-corrected chi connectivity index (χ1v) is 5.87. The van der Waals surface area contributed by atoms with Crippen molar-refractivity contribution in [2.24, 2.45) is 10.7 Å². The molecule has 3 nitrogen and oxygen atoms in total. The molecule has 1 aromatic carbocycles. The van der Waals surface area contributed by atoms with E-state index in [1.165, 1.54) is 18.4 Å². The Hall–Kier alpha value is -1.51. The number of hydrogen-bond donors (Lipinski definition) is 2. The molecule has 0 spiro atoms. The average Bonchev–Trinajstić information content (AvgIpc) is 3.11. The van der Waals surface area contributed by atoms with Gasteiger partial charge in [0, 0.05) is 18.5 Å². The topological polar surface area (TPSA) is 50.4 Å². The number of benzene rings is 1. The van der Waals surface area contributed by atoms with Crippen molar-refractivity contribution in [3.8, 4) is 0 Å². The summed E-state index contributed by atoms with van der Waals surface area (Å²) in [6.07, 6.45) is 2.45. The minimum Gasteiger partial charge on any atom is -0.370 e. The zero-order chi connectivity index (χ0) is 11.4. The molecule has 0 aromatic heterocycles. The van der Waals surface area contributed by atoms with Crippen molar-refractivity contribution >= 4 is 5.96 Å². The minimum atomic E-state index is 0.417. The minimum absolute atomic E-state index is 0.417. The van der Waals surface area contributed by atoms with Crippen molar-refractivity contribution in [1.29, 1.82) is 0 Å². The van der Waals surface area contributed by atoms with Crippen LogP contribution in [0.2, 0.25) is 0 Å². The fourth-order valence-electron chi connectivity index (χ4n) is 1.60. The maximum absolute atomic E-state index is 5.78. The number of aliphatic imine (C=N–C) groups is 1. The van der Waals surface area contributed by atoms with E-state index >= 15 is 0 Å². The van der Waals surface area contributed by atoms with Gasteiger partial charge in [-0.1, -0.05) is 37.3 Å². The van der Waals surface area contributed by atoms with Gasteiger partial charge >= 0.3 is 0 Å². The number of guanidine groups is 1. The lowest BCUT2D eigenvalue weighted by Crippen LogP contribution is -2.33. The van der Waals surface area contributed by atoms with E-state index < -0.39 is 0 Å². The van der Waals surface area contributed by atoms with Gasteiger partial charge in [0.2, 0.25) is 0 Å². The van der Waals surface area contributed by atoms with Crippen LogP contribution in [0.1, 0.15) is 31.2 Å². The Kier molecular flexibility index (Phi) is 3.44. The molecule has 2 rings (SSSR count). The Bertz CT molecular complexity index is 355. The summed E-state index contributed by atoms with van der Waals surface area (Å²) in [6, 6.07) is 11.0. The van der Waals surface area contributed by atoms with Gasteiger partial charge in [-0.15, -0.1) is 0 Å². The molecule has 3 N–H and O–H groups in total. The lowest BCUT2D eigenvalue weighted by atomic mass is 10.0. The highest BCUT2D eigenvalue weighted by Crippen LogP contribution is 2.18. The van der Waals surface area contributed by atoms with E-state index in [1.807, 2.05) is 6.07 Å². The van der Waals surface area contributed by atoms with Crippen molar-refractivity contribution in [3.63, 3.8) is 0 Å². The highest BCUT2D eigenvalue weighted by atomic mass is 15.1. The second kappa shape index (κ2) is 5.01. The first-order chi connectivity index (χ1) is 7.75. The molecule has 0 aliphatic heterocycles. The average molecular weight is 217 g/mol. The first-order valence-electron chi connectivity index (χ1n) is 5.87. The molecule has 0 amide bonds. The molecule has 1 aliphatic rings. The van der Waals surface area contributed by atoms with Crippen molar-refractivity contribution in [1.82, 2.24) is 5.32 Å². The smallest absolute Gasteiger partial charge is 0.188 e. The Labute approximate surface area is 96.8 Å². The van der Waals surface area contributed by atoms with Crippen LogP contribution in [-0.2, 0) is 0 Å². The van der Waals surface area contributed by atoms with Crippen LogP contribution in [0.3, 0.4) is 0 Å².